The molecule has 0 spiro atoms. The van der Waals surface area contributed by atoms with E-state index >= 15 is 0 Å². The Morgan fingerprint density at radius 3 is 2.87 bits per heavy atom. The number of aromatic nitrogens is 2. The molecule has 0 aliphatic carbocycles. The molecule has 1 amide bonds. The van der Waals surface area contributed by atoms with Crippen molar-refractivity contribution >= 4 is 49.2 Å². The van der Waals surface area contributed by atoms with Gasteiger partial charge in [0.05, 0.1) is 29.9 Å². The number of morpholine rings is 1. The molecular weight excluding hydrogens is 396 g/mol. The zero-order valence-electron chi connectivity index (χ0n) is 17.1. The molecule has 154 valence electrons. The molecule has 2 aromatic heterocycles. The van der Waals surface area contributed by atoms with Gasteiger partial charge in [0.25, 0.3) is 0 Å². The quantitative estimate of drug-likeness (QED) is 0.513. The number of aryl methyl sites for hydroxylation is 2. The summed E-state index contributed by atoms with van der Waals surface area (Å²) in [5.41, 5.74) is 6.12. The number of nitrogens with one attached hydrogen (secondary N) is 2. The van der Waals surface area contributed by atoms with E-state index in [-0.39, 0.29) is 5.91 Å². The Bertz CT molecular complexity index is 1240. The highest BCUT2D eigenvalue weighted by molar-refractivity contribution is 7.22. The molecule has 2 aromatic carbocycles. The lowest BCUT2D eigenvalue weighted by Crippen LogP contribution is -2.36. The molecule has 1 saturated heterocycles. The minimum absolute atomic E-state index is 0.0159. The van der Waals surface area contributed by atoms with Crippen molar-refractivity contribution in [2.75, 3.05) is 36.5 Å². The van der Waals surface area contributed by atoms with Crippen molar-refractivity contribution in [3.8, 4) is 0 Å². The fourth-order valence-corrected chi connectivity index (χ4v) is 5.03. The first-order valence-electron chi connectivity index (χ1n) is 10.2. The molecule has 0 atom stereocenters. The Labute approximate surface area is 178 Å². The standard InChI is InChI=1S/C23H24N4O2S/c1-14-3-5-19-18(11-14)17(15(2)24-19)13-22(28)25-16-4-6-20-21(12-16)30-23(26-20)27-7-9-29-10-8-27/h3-6,11-12,24H,7-10,13H2,1-2H3,(H,25,28). The van der Waals surface area contributed by atoms with Crippen LogP contribution in [0.4, 0.5) is 10.8 Å². The largest absolute Gasteiger partial charge is 0.378 e. The second-order valence-corrected chi connectivity index (χ2v) is 8.79. The molecule has 1 aliphatic heterocycles. The summed E-state index contributed by atoms with van der Waals surface area (Å²) in [6.07, 6.45) is 0.342. The van der Waals surface area contributed by atoms with Crippen LogP contribution in [0.15, 0.2) is 36.4 Å². The van der Waals surface area contributed by atoms with Gasteiger partial charge in [-0.3, -0.25) is 4.79 Å². The van der Waals surface area contributed by atoms with Crippen molar-refractivity contribution in [1.29, 1.82) is 0 Å². The summed E-state index contributed by atoms with van der Waals surface area (Å²) in [5, 5.41) is 5.20. The minimum Gasteiger partial charge on any atom is -0.378 e. The Balaban J connectivity index is 1.34. The predicted octanol–water partition coefficient (Wildman–Crippen LogP) is 4.41. The maximum Gasteiger partial charge on any atom is 0.228 e. The average molecular weight is 421 g/mol. The molecule has 30 heavy (non-hydrogen) atoms. The van der Waals surface area contributed by atoms with E-state index in [4.69, 9.17) is 9.72 Å². The van der Waals surface area contributed by atoms with E-state index in [0.717, 1.165) is 69.5 Å². The number of amides is 1. The van der Waals surface area contributed by atoms with Crippen LogP contribution in [0.25, 0.3) is 21.1 Å². The third-order valence-corrected chi connectivity index (χ3v) is 6.63. The first-order chi connectivity index (χ1) is 14.6. The van der Waals surface area contributed by atoms with Gasteiger partial charge in [-0.25, -0.2) is 4.98 Å². The van der Waals surface area contributed by atoms with Gasteiger partial charge in [-0.15, -0.1) is 0 Å². The van der Waals surface area contributed by atoms with Crippen molar-refractivity contribution < 1.29 is 9.53 Å². The zero-order valence-corrected chi connectivity index (χ0v) is 17.9. The predicted molar refractivity (Wildman–Crippen MR) is 123 cm³/mol. The van der Waals surface area contributed by atoms with Crippen molar-refractivity contribution in [3.05, 3.63) is 53.2 Å². The number of H-pyrrole nitrogens is 1. The SMILES string of the molecule is Cc1ccc2[nH]c(C)c(CC(=O)Nc3ccc4nc(N5CCOCC5)sc4c3)c2c1. The van der Waals surface area contributed by atoms with Gasteiger partial charge in [0.15, 0.2) is 5.13 Å². The van der Waals surface area contributed by atoms with E-state index in [1.165, 1.54) is 5.56 Å². The Hall–Kier alpha value is -2.90. The van der Waals surface area contributed by atoms with Gasteiger partial charge in [0, 0.05) is 35.4 Å². The van der Waals surface area contributed by atoms with Crippen LogP contribution in [-0.2, 0) is 16.0 Å². The van der Waals surface area contributed by atoms with E-state index in [0.29, 0.717) is 6.42 Å². The van der Waals surface area contributed by atoms with E-state index < -0.39 is 0 Å². The molecule has 0 saturated carbocycles. The van der Waals surface area contributed by atoms with E-state index in [9.17, 15) is 4.79 Å². The normalized spacial score (nSPS) is 14.5. The number of ether oxygens (including phenoxy) is 1. The smallest absolute Gasteiger partial charge is 0.228 e. The number of hydrogen-bond donors (Lipinski definition) is 2. The fraction of sp³-hybridized carbons (Fsp3) is 0.304. The summed E-state index contributed by atoms with van der Waals surface area (Å²) in [4.78, 5) is 23.2. The third kappa shape index (κ3) is 3.66. The van der Waals surface area contributed by atoms with Crippen LogP contribution in [-0.4, -0.2) is 42.2 Å². The van der Waals surface area contributed by atoms with Gasteiger partial charge in [-0.2, -0.15) is 0 Å². The summed E-state index contributed by atoms with van der Waals surface area (Å²) >= 11 is 1.66. The van der Waals surface area contributed by atoms with Crippen LogP contribution in [0.3, 0.4) is 0 Å². The number of fused-ring (bicyclic) bond motifs is 2. The van der Waals surface area contributed by atoms with Crippen molar-refractivity contribution in [1.82, 2.24) is 9.97 Å². The second-order valence-electron chi connectivity index (χ2n) is 7.78. The molecule has 7 heteroatoms. The van der Waals surface area contributed by atoms with Gasteiger partial charge < -0.3 is 19.9 Å². The summed E-state index contributed by atoms with van der Waals surface area (Å²) in [6.45, 7) is 7.31. The zero-order chi connectivity index (χ0) is 20.7. The number of aromatic amines is 1. The van der Waals surface area contributed by atoms with Crippen LogP contribution in [0, 0.1) is 13.8 Å². The first-order valence-corrected chi connectivity index (χ1v) is 11.0. The summed E-state index contributed by atoms with van der Waals surface area (Å²) in [5.74, 6) is -0.0159. The minimum atomic E-state index is -0.0159. The van der Waals surface area contributed by atoms with Crippen LogP contribution >= 0.6 is 11.3 Å². The topological polar surface area (TPSA) is 70.2 Å². The highest BCUT2D eigenvalue weighted by Crippen LogP contribution is 2.31. The van der Waals surface area contributed by atoms with Gasteiger partial charge in [0.2, 0.25) is 5.91 Å². The Morgan fingerprint density at radius 2 is 2.03 bits per heavy atom. The molecule has 1 aliphatic rings. The monoisotopic (exact) mass is 420 g/mol. The average Bonchev–Trinajstić information content (AvgIpc) is 3.29. The molecule has 2 N–H and O–H groups in total. The fourth-order valence-electron chi connectivity index (χ4n) is 3.97. The molecule has 5 rings (SSSR count). The van der Waals surface area contributed by atoms with E-state index in [2.05, 4.69) is 40.3 Å². The molecule has 6 nitrogen and oxygen atoms in total. The molecular formula is C23H24N4O2S. The van der Waals surface area contributed by atoms with Crippen molar-refractivity contribution in [2.45, 2.75) is 20.3 Å². The molecule has 4 aromatic rings. The van der Waals surface area contributed by atoms with Crippen LogP contribution < -0.4 is 10.2 Å². The number of anilines is 2. The first kappa shape index (κ1) is 19.1. The highest BCUT2D eigenvalue weighted by atomic mass is 32.1. The molecule has 1 fully saturated rings. The van der Waals surface area contributed by atoms with Gasteiger partial charge >= 0.3 is 0 Å². The number of thiazole rings is 1. The second kappa shape index (κ2) is 7.74. The van der Waals surface area contributed by atoms with Crippen LogP contribution in [0.5, 0.6) is 0 Å². The Morgan fingerprint density at radius 1 is 1.20 bits per heavy atom. The lowest BCUT2D eigenvalue weighted by molar-refractivity contribution is -0.115. The number of benzene rings is 2. The van der Waals surface area contributed by atoms with Crippen molar-refractivity contribution in [2.24, 2.45) is 0 Å². The lowest BCUT2D eigenvalue weighted by atomic mass is 10.1. The molecule has 3 heterocycles. The maximum atomic E-state index is 12.8. The molecule has 0 bridgehead atoms. The maximum absolute atomic E-state index is 12.8. The number of carbonyl (C=O) groups is 1. The number of rotatable bonds is 4. The lowest BCUT2D eigenvalue weighted by Gasteiger charge is -2.25. The van der Waals surface area contributed by atoms with Gasteiger partial charge in [-0.05, 0) is 49.7 Å². The highest BCUT2D eigenvalue weighted by Gasteiger charge is 2.16. The summed E-state index contributed by atoms with van der Waals surface area (Å²) in [7, 11) is 0. The molecule has 0 radical (unpaired) electrons. The van der Waals surface area contributed by atoms with Crippen molar-refractivity contribution in [3.63, 3.8) is 0 Å². The Kier molecular flexibility index (Phi) is 4.92. The summed E-state index contributed by atoms with van der Waals surface area (Å²) < 4.78 is 6.51. The number of carbonyl (C=O) groups excluding carboxylic acids is 1. The van der Waals surface area contributed by atoms with Crippen LogP contribution in [0.1, 0.15) is 16.8 Å². The van der Waals surface area contributed by atoms with E-state index in [1.54, 1.807) is 11.3 Å². The number of nitrogens with zero attached hydrogens (tertiary/aromatic N) is 2. The third-order valence-electron chi connectivity index (χ3n) is 5.55. The summed E-state index contributed by atoms with van der Waals surface area (Å²) in [6, 6.07) is 12.2. The van der Waals surface area contributed by atoms with Crippen LogP contribution in [0.2, 0.25) is 0 Å². The molecule has 0 unspecified atom stereocenters. The van der Waals surface area contributed by atoms with Gasteiger partial charge in [0.1, 0.15) is 0 Å². The van der Waals surface area contributed by atoms with Gasteiger partial charge in [-0.1, -0.05) is 23.0 Å². The number of hydrogen-bond acceptors (Lipinski definition) is 5. The van der Waals surface area contributed by atoms with E-state index in [1.807, 2.05) is 25.1 Å².